The number of hydrogen-bond acceptors (Lipinski definition) is 4. The summed E-state index contributed by atoms with van der Waals surface area (Å²) in [6, 6.07) is 7.30. The van der Waals surface area contributed by atoms with Gasteiger partial charge in [-0.25, -0.2) is 0 Å². The minimum absolute atomic E-state index is 0.321. The molecule has 0 radical (unpaired) electrons. The number of thioether (sulfide) groups is 1. The van der Waals surface area contributed by atoms with Gasteiger partial charge in [-0.2, -0.15) is 0 Å². The van der Waals surface area contributed by atoms with Crippen molar-refractivity contribution < 1.29 is 14.6 Å². The third-order valence-corrected chi connectivity index (χ3v) is 3.03. The van der Waals surface area contributed by atoms with Gasteiger partial charge in [0, 0.05) is 24.4 Å². The van der Waals surface area contributed by atoms with Gasteiger partial charge >= 0.3 is 0 Å². The van der Waals surface area contributed by atoms with E-state index in [4.69, 9.17) is 9.47 Å². The molecule has 3 nitrogen and oxygen atoms in total. The number of methoxy groups -OCH3 is 1. The molecule has 90 valence electrons. The van der Waals surface area contributed by atoms with Gasteiger partial charge in [-0.15, -0.1) is 11.8 Å². The maximum Gasteiger partial charge on any atom is 0.116 e. The maximum atomic E-state index is 9.26. The summed E-state index contributed by atoms with van der Waals surface area (Å²) >= 11 is 1.73. The Hall–Kier alpha value is -0.710. The molecule has 0 spiro atoms. The fraction of sp³-hybridized carbons (Fsp3) is 0.500. The number of phenols is 1. The Morgan fingerprint density at radius 1 is 1.25 bits per heavy atom. The van der Waals surface area contributed by atoms with Crippen LogP contribution in [0.3, 0.4) is 0 Å². The second kappa shape index (κ2) is 8.44. The monoisotopic (exact) mass is 242 g/mol. The predicted octanol–water partition coefficient (Wildman–Crippen LogP) is 2.54. The van der Waals surface area contributed by atoms with Crippen LogP contribution in [-0.4, -0.2) is 37.8 Å². The van der Waals surface area contributed by atoms with Crippen LogP contribution < -0.4 is 0 Å². The highest BCUT2D eigenvalue weighted by Gasteiger charge is 1.95. The van der Waals surface area contributed by atoms with Crippen LogP contribution in [0, 0.1) is 0 Å². The van der Waals surface area contributed by atoms with Crippen molar-refractivity contribution in [3.63, 3.8) is 0 Å². The Morgan fingerprint density at radius 2 is 2.12 bits per heavy atom. The molecule has 0 unspecified atom stereocenters. The summed E-state index contributed by atoms with van der Waals surface area (Å²) in [5.41, 5.74) is 0. The molecule has 16 heavy (non-hydrogen) atoms. The lowest BCUT2D eigenvalue weighted by atomic mass is 10.3. The lowest BCUT2D eigenvalue weighted by molar-refractivity contribution is 0.0713. The molecule has 0 aromatic heterocycles. The van der Waals surface area contributed by atoms with Crippen molar-refractivity contribution in [2.45, 2.75) is 11.3 Å². The van der Waals surface area contributed by atoms with E-state index < -0.39 is 0 Å². The van der Waals surface area contributed by atoms with E-state index >= 15 is 0 Å². The van der Waals surface area contributed by atoms with Crippen LogP contribution in [0.15, 0.2) is 29.2 Å². The second-order valence-electron chi connectivity index (χ2n) is 3.30. The van der Waals surface area contributed by atoms with Gasteiger partial charge in [0.1, 0.15) is 5.75 Å². The topological polar surface area (TPSA) is 38.7 Å². The SMILES string of the molecule is COCCOCCCSc1cccc(O)c1. The van der Waals surface area contributed by atoms with Gasteiger partial charge in [-0.1, -0.05) is 6.07 Å². The van der Waals surface area contributed by atoms with Gasteiger partial charge in [0.25, 0.3) is 0 Å². The van der Waals surface area contributed by atoms with E-state index in [1.54, 1.807) is 31.0 Å². The zero-order chi connectivity index (χ0) is 11.6. The molecule has 4 heteroatoms. The highest BCUT2D eigenvalue weighted by atomic mass is 32.2. The molecule has 0 aliphatic carbocycles. The average molecular weight is 242 g/mol. The molecule has 1 aromatic rings. The first kappa shape index (κ1) is 13.4. The van der Waals surface area contributed by atoms with E-state index in [1.807, 2.05) is 12.1 Å². The molecule has 0 amide bonds. The summed E-state index contributed by atoms with van der Waals surface area (Å²) in [5, 5.41) is 9.26. The molecule has 0 heterocycles. The largest absolute Gasteiger partial charge is 0.508 e. The van der Waals surface area contributed by atoms with Gasteiger partial charge in [0.2, 0.25) is 0 Å². The number of hydrogen-bond donors (Lipinski definition) is 1. The number of aromatic hydroxyl groups is 1. The van der Waals surface area contributed by atoms with Gasteiger partial charge in [0.15, 0.2) is 0 Å². The quantitative estimate of drug-likeness (QED) is 0.561. The molecule has 0 aliphatic rings. The van der Waals surface area contributed by atoms with Crippen LogP contribution in [0.25, 0.3) is 0 Å². The minimum Gasteiger partial charge on any atom is -0.508 e. The van der Waals surface area contributed by atoms with Crippen molar-refractivity contribution in [2.24, 2.45) is 0 Å². The molecule has 1 rings (SSSR count). The standard InChI is InChI=1S/C12H18O3S/c1-14-7-8-15-6-3-9-16-12-5-2-4-11(13)10-12/h2,4-5,10,13H,3,6-9H2,1H3. The molecular formula is C12H18O3S. The summed E-state index contributed by atoms with van der Waals surface area (Å²) in [7, 11) is 1.67. The third kappa shape index (κ3) is 6.00. The number of benzene rings is 1. The van der Waals surface area contributed by atoms with Crippen LogP contribution in [0.2, 0.25) is 0 Å². The number of ether oxygens (including phenoxy) is 2. The van der Waals surface area contributed by atoms with Crippen LogP contribution in [0.4, 0.5) is 0 Å². The third-order valence-electron chi connectivity index (χ3n) is 1.95. The molecule has 0 fully saturated rings. The Labute approximate surface area is 101 Å². The van der Waals surface area contributed by atoms with Gasteiger partial charge in [-0.3, -0.25) is 0 Å². The first-order valence-electron chi connectivity index (χ1n) is 5.31. The van der Waals surface area contributed by atoms with E-state index in [0.717, 1.165) is 23.7 Å². The Balaban J connectivity index is 2.03. The number of rotatable bonds is 8. The van der Waals surface area contributed by atoms with Crippen LogP contribution in [0.1, 0.15) is 6.42 Å². The Bertz CT molecular complexity index is 291. The van der Waals surface area contributed by atoms with E-state index in [-0.39, 0.29) is 0 Å². The molecular weight excluding hydrogens is 224 g/mol. The highest BCUT2D eigenvalue weighted by molar-refractivity contribution is 7.99. The highest BCUT2D eigenvalue weighted by Crippen LogP contribution is 2.22. The predicted molar refractivity (Wildman–Crippen MR) is 66.1 cm³/mol. The van der Waals surface area contributed by atoms with Crippen LogP contribution in [-0.2, 0) is 9.47 Å². The fourth-order valence-corrected chi connectivity index (χ4v) is 2.05. The lowest BCUT2D eigenvalue weighted by Gasteiger charge is -2.04. The van der Waals surface area contributed by atoms with Gasteiger partial charge < -0.3 is 14.6 Å². The van der Waals surface area contributed by atoms with E-state index in [9.17, 15) is 5.11 Å². The molecule has 1 aromatic carbocycles. The van der Waals surface area contributed by atoms with Crippen molar-refractivity contribution in [2.75, 3.05) is 32.7 Å². The maximum absolute atomic E-state index is 9.26. The summed E-state index contributed by atoms with van der Waals surface area (Å²) in [4.78, 5) is 1.09. The van der Waals surface area contributed by atoms with Gasteiger partial charge in [-0.05, 0) is 24.6 Å². The normalized spacial score (nSPS) is 10.6. The molecule has 0 bridgehead atoms. The van der Waals surface area contributed by atoms with Crippen molar-refractivity contribution in [3.8, 4) is 5.75 Å². The van der Waals surface area contributed by atoms with Crippen molar-refractivity contribution in [1.82, 2.24) is 0 Å². The van der Waals surface area contributed by atoms with Crippen LogP contribution in [0.5, 0.6) is 5.75 Å². The molecule has 1 N–H and O–H groups in total. The minimum atomic E-state index is 0.321. The lowest BCUT2D eigenvalue weighted by Crippen LogP contribution is -2.03. The molecule has 0 saturated carbocycles. The molecule has 0 saturated heterocycles. The first-order chi connectivity index (χ1) is 7.83. The smallest absolute Gasteiger partial charge is 0.116 e. The Kier molecular flexibility index (Phi) is 7.05. The molecule has 0 atom stereocenters. The molecule has 0 aliphatic heterocycles. The average Bonchev–Trinajstić information content (AvgIpc) is 2.28. The summed E-state index contributed by atoms with van der Waals surface area (Å²) < 4.78 is 10.2. The van der Waals surface area contributed by atoms with Crippen molar-refractivity contribution in [1.29, 1.82) is 0 Å². The summed E-state index contributed by atoms with van der Waals surface area (Å²) in [6.07, 6.45) is 1.00. The van der Waals surface area contributed by atoms with Gasteiger partial charge in [0.05, 0.1) is 13.2 Å². The van der Waals surface area contributed by atoms with E-state index in [0.29, 0.717) is 19.0 Å². The summed E-state index contributed by atoms with van der Waals surface area (Å²) in [6.45, 7) is 2.07. The van der Waals surface area contributed by atoms with Crippen molar-refractivity contribution in [3.05, 3.63) is 24.3 Å². The Morgan fingerprint density at radius 3 is 2.88 bits per heavy atom. The zero-order valence-corrected chi connectivity index (χ0v) is 10.3. The second-order valence-corrected chi connectivity index (χ2v) is 4.47. The first-order valence-corrected chi connectivity index (χ1v) is 6.30. The van der Waals surface area contributed by atoms with E-state index in [2.05, 4.69) is 0 Å². The summed E-state index contributed by atoms with van der Waals surface area (Å²) in [5.74, 6) is 1.32. The van der Waals surface area contributed by atoms with E-state index in [1.165, 1.54) is 0 Å². The van der Waals surface area contributed by atoms with Crippen molar-refractivity contribution >= 4 is 11.8 Å². The number of phenolic OH excluding ortho intramolecular Hbond substituents is 1. The fourth-order valence-electron chi connectivity index (χ4n) is 1.17. The zero-order valence-electron chi connectivity index (χ0n) is 9.52. The van der Waals surface area contributed by atoms with Crippen LogP contribution >= 0.6 is 11.8 Å².